The van der Waals surface area contributed by atoms with Crippen LogP contribution in [0.15, 0.2) is 48.5 Å². The van der Waals surface area contributed by atoms with Crippen molar-refractivity contribution in [2.45, 2.75) is 32.4 Å². The van der Waals surface area contributed by atoms with Crippen molar-refractivity contribution in [2.75, 3.05) is 33.4 Å². The Morgan fingerprint density at radius 3 is 2.50 bits per heavy atom. The summed E-state index contributed by atoms with van der Waals surface area (Å²) < 4.78 is 10.9. The average molecular weight is 354 g/mol. The summed E-state index contributed by atoms with van der Waals surface area (Å²) in [5.74, 6) is 1.86. The van der Waals surface area contributed by atoms with E-state index >= 15 is 0 Å². The SMILES string of the molecule is CCOc1ccc(CNCC(c2cccc(OC)c2)N2CCCC2)cc1. The van der Waals surface area contributed by atoms with Crippen molar-refractivity contribution in [3.05, 3.63) is 59.7 Å². The van der Waals surface area contributed by atoms with Crippen molar-refractivity contribution < 1.29 is 9.47 Å². The van der Waals surface area contributed by atoms with Gasteiger partial charge in [-0.05, 0) is 68.2 Å². The maximum atomic E-state index is 5.51. The topological polar surface area (TPSA) is 33.7 Å². The molecule has 0 radical (unpaired) electrons. The van der Waals surface area contributed by atoms with Crippen molar-refractivity contribution in [2.24, 2.45) is 0 Å². The van der Waals surface area contributed by atoms with Crippen LogP contribution in [0, 0.1) is 0 Å². The Morgan fingerprint density at radius 2 is 1.81 bits per heavy atom. The summed E-state index contributed by atoms with van der Waals surface area (Å²) in [7, 11) is 1.73. The molecule has 0 spiro atoms. The van der Waals surface area contributed by atoms with Gasteiger partial charge < -0.3 is 14.8 Å². The van der Waals surface area contributed by atoms with E-state index in [-0.39, 0.29) is 0 Å². The fourth-order valence-electron chi connectivity index (χ4n) is 3.58. The first-order valence-corrected chi connectivity index (χ1v) is 9.60. The second-order valence-corrected chi connectivity index (χ2v) is 6.74. The Balaban J connectivity index is 1.62. The molecule has 1 fully saturated rings. The highest BCUT2D eigenvalue weighted by molar-refractivity contribution is 5.31. The molecule has 2 aromatic rings. The van der Waals surface area contributed by atoms with E-state index in [1.165, 1.54) is 37.1 Å². The molecule has 0 amide bonds. The van der Waals surface area contributed by atoms with Crippen molar-refractivity contribution in [3.8, 4) is 11.5 Å². The third-order valence-corrected chi connectivity index (χ3v) is 4.96. The lowest BCUT2D eigenvalue weighted by Gasteiger charge is -2.28. The van der Waals surface area contributed by atoms with Crippen LogP contribution in [-0.2, 0) is 6.54 Å². The average Bonchev–Trinajstić information content (AvgIpc) is 3.21. The van der Waals surface area contributed by atoms with Crippen LogP contribution in [0.2, 0.25) is 0 Å². The minimum Gasteiger partial charge on any atom is -0.497 e. The molecule has 3 rings (SSSR count). The van der Waals surface area contributed by atoms with Crippen LogP contribution in [0.5, 0.6) is 11.5 Å². The van der Waals surface area contributed by atoms with Crippen molar-refractivity contribution in [1.82, 2.24) is 10.2 Å². The number of nitrogens with one attached hydrogen (secondary N) is 1. The molecule has 2 aromatic carbocycles. The lowest BCUT2D eigenvalue weighted by Crippen LogP contribution is -2.34. The van der Waals surface area contributed by atoms with Crippen LogP contribution in [-0.4, -0.2) is 38.3 Å². The highest BCUT2D eigenvalue weighted by Gasteiger charge is 2.23. The van der Waals surface area contributed by atoms with E-state index in [1.807, 2.05) is 25.1 Å². The molecule has 0 bridgehead atoms. The van der Waals surface area contributed by atoms with Crippen LogP contribution in [0.1, 0.15) is 36.9 Å². The molecule has 140 valence electrons. The Bertz CT molecular complexity index is 666. The van der Waals surface area contributed by atoms with Crippen LogP contribution in [0.4, 0.5) is 0 Å². The molecule has 0 aromatic heterocycles. The summed E-state index contributed by atoms with van der Waals surface area (Å²) in [6.45, 7) is 6.85. The summed E-state index contributed by atoms with van der Waals surface area (Å²) in [4.78, 5) is 2.58. The number of benzene rings is 2. The fraction of sp³-hybridized carbons (Fsp3) is 0.455. The van der Waals surface area contributed by atoms with Gasteiger partial charge in [-0.25, -0.2) is 0 Å². The first-order chi connectivity index (χ1) is 12.8. The van der Waals surface area contributed by atoms with Gasteiger partial charge in [-0.1, -0.05) is 24.3 Å². The highest BCUT2D eigenvalue weighted by atomic mass is 16.5. The van der Waals surface area contributed by atoms with Gasteiger partial charge >= 0.3 is 0 Å². The zero-order valence-electron chi connectivity index (χ0n) is 15.9. The van der Waals surface area contributed by atoms with Crippen LogP contribution < -0.4 is 14.8 Å². The molecular weight excluding hydrogens is 324 g/mol. The van der Waals surface area contributed by atoms with Crippen molar-refractivity contribution >= 4 is 0 Å². The number of methoxy groups -OCH3 is 1. The Labute approximate surface area is 157 Å². The molecule has 1 heterocycles. The van der Waals surface area contributed by atoms with Gasteiger partial charge in [0.15, 0.2) is 0 Å². The molecule has 4 heteroatoms. The third kappa shape index (κ3) is 4.99. The van der Waals surface area contributed by atoms with Crippen LogP contribution in [0.25, 0.3) is 0 Å². The normalized spacial score (nSPS) is 15.8. The molecule has 1 unspecified atom stereocenters. The molecule has 1 atom stereocenters. The maximum absolute atomic E-state index is 5.51. The summed E-state index contributed by atoms with van der Waals surface area (Å²) >= 11 is 0. The number of hydrogen-bond acceptors (Lipinski definition) is 4. The molecule has 0 saturated carbocycles. The molecule has 0 aliphatic carbocycles. The van der Waals surface area contributed by atoms with Gasteiger partial charge in [0, 0.05) is 19.1 Å². The third-order valence-electron chi connectivity index (χ3n) is 4.96. The zero-order valence-corrected chi connectivity index (χ0v) is 15.9. The lowest BCUT2D eigenvalue weighted by atomic mass is 10.0. The number of likely N-dealkylation sites (tertiary alicyclic amines) is 1. The van der Waals surface area contributed by atoms with Crippen LogP contribution in [0.3, 0.4) is 0 Å². The van der Waals surface area contributed by atoms with E-state index in [4.69, 9.17) is 9.47 Å². The predicted molar refractivity (Wildman–Crippen MR) is 106 cm³/mol. The van der Waals surface area contributed by atoms with Gasteiger partial charge in [-0.3, -0.25) is 4.90 Å². The number of hydrogen-bond donors (Lipinski definition) is 1. The Morgan fingerprint density at radius 1 is 1.04 bits per heavy atom. The van der Waals surface area contributed by atoms with Crippen LogP contribution >= 0.6 is 0 Å². The lowest BCUT2D eigenvalue weighted by molar-refractivity contribution is 0.238. The van der Waals surface area contributed by atoms with E-state index in [0.29, 0.717) is 12.6 Å². The summed E-state index contributed by atoms with van der Waals surface area (Å²) in [6, 6.07) is 17.2. The largest absolute Gasteiger partial charge is 0.497 e. The van der Waals surface area contributed by atoms with Gasteiger partial charge in [0.1, 0.15) is 11.5 Å². The quantitative estimate of drug-likeness (QED) is 0.737. The Hall–Kier alpha value is -2.04. The monoisotopic (exact) mass is 354 g/mol. The summed E-state index contributed by atoms with van der Waals surface area (Å²) in [5.41, 5.74) is 2.60. The molecule has 1 N–H and O–H groups in total. The first-order valence-electron chi connectivity index (χ1n) is 9.60. The minimum absolute atomic E-state index is 0.385. The van der Waals surface area contributed by atoms with E-state index in [0.717, 1.165) is 24.6 Å². The van der Waals surface area contributed by atoms with Gasteiger partial charge in [-0.2, -0.15) is 0 Å². The fourth-order valence-corrected chi connectivity index (χ4v) is 3.58. The predicted octanol–water partition coefficient (Wildman–Crippen LogP) is 4.02. The number of rotatable bonds is 9. The number of nitrogens with zero attached hydrogens (tertiary/aromatic N) is 1. The van der Waals surface area contributed by atoms with E-state index in [9.17, 15) is 0 Å². The second-order valence-electron chi connectivity index (χ2n) is 6.74. The second kappa shape index (κ2) is 9.60. The van der Waals surface area contributed by atoms with E-state index < -0.39 is 0 Å². The Kier molecular flexibility index (Phi) is 6.92. The van der Waals surface area contributed by atoms with Gasteiger partial charge in [0.05, 0.1) is 13.7 Å². The molecular formula is C22H30N2O2. The van der Waals surface area contributed by atoms with Crippen molar-refractivity contribution in [1.29, 1.82) is 0 Å². The molecule has 26 heavy (non-hydrogen) atoms. The smallest absolute Gasteiger partial charge is 0.119 e. The molecule has 1 aliphatic rings. The zero-order chi connectivity index (χ0) is 18.2. The standard InChI is InChI=1S/C22H30N2O2/c1-3-26-20-11-9-18(10-12-20)16-23-17-22(24-13-4-5-14-24)19-7-6-8-21(15-19)25-2/h6-12,15,22-23H,3-5,13-14,16-17H2,1-2H3. The molecule has 4 nitrogen and oxygen atoms in total. The van der Waals surface area contributed by atoms with E-state index in [2.05, 4.69) is 40.5 Å². The highest BCUT2D eigenvalue weighted by Crippen LogP contribution is 2.27. The maximum Gasteiger partial charge on any atom is 0.119 e. The minimum atomic E-state index is 0.385. The van der Waals surface area contributed by atoms with Gasteiger partial charge in [0.2, 0.25) is 0 Å². The van der Waals surface area contributed by atoms with Gasteiger partial charge in [-0.15, -0.1) is 0 Å². The number of ether oxygens (including phenoxy) is 2. The van der Waals surface area contributed by atoms with Crippen molar-refractivity contribution in [3.63, 3.8) is 0 Å². The summed E-state index contributed by atoms with van der Waals surface area (Å²) in [6.07, 6.45) is 2.58. The summed E-state index contributed by atoms with van der Waals surface area (Å²) in [5, 5.41) is 3.64. The van der Waals surface area contributed by atoms with Gasteiger partial charge in [0.25, 0.3) is 0 Å². The molecule has 1 saturated heterocycles. The van der Waals surface area contributed by atoms with E-state index in [1.54, 1.807) is 7.11 Å². The first kappa shape index (κ1) is 18.7. The molecule has 1 aliphatic heterocycles.